The van der Waals surface area contributed by atoms with Gasteiger partial charge in [0.15, 0.2) is 0 Å². The Hall–Kier alpha value is -2.22. The van der Waals surface area contributed by atoms with E-state index in [0.717, 1.165) is 6.07 Å². The second-order valence-electron chi connectivity index (χ2n) is 4.13. The predicted octanol–water partition coefficient (Wildman–Crippen LogP) is 2.74. The first-order valence-electron chi connectivity index (χ1n) is 5.90. The average Bonchev–Trinajstić information content (AvgIpc) is 2.45. The molecule has 0 fully saturated rings. The van der Waals surface area contributed by atoms with Gasteiger partial charge in [0.25, 0.3) is 0 Å². The molecular formula is C13H11F3N4S. The third-order valence-electron chi connectivity index (χ3n) is 2.61. The van der Waals surface area contributed by atoms with Gasteiger partial charge in [-0.3, -0.25) is 4.98 Å². The van der Waals surface area contributed by atoms with E-state index in [-0.39, 0.29) is 22.9 Å². The highest BCUT2D eigenvalue weighted by Gasteiger charge is 2.33. The Kier molecular flexibility index (Phi) is 4.37. The van der Waals surface area contributed by atoms with Gasteiger partial charge >= 0.3 is 6.18 Å². The number of thiocarbonyl (C=S) groups is 1. The van der Waals surface area contributed by atoms with Gasteiger partial charge in [0.2, 0.25) is 0 Å². The zero-order valence-electron chi connectivity index (χ0n) is 10.7. The number of aromatic nitrogens is 2. The zero-order valence-corrected chi connectivity index (χ0v) is 11.5. The van der Waals surface area contributed by atoms with Gasteiger partial charge < -0.3 is 11.1 Å². The van der Waals surface area contributed by atoms with Crippen molar-refractivity contribution in [2.75, 3.05) is 5.32 Å². The topological polar surface area (TPSA) is 63.8 Å². The molecule has 3 N–H and O–H groups in total. The van der Waals surface area contributed by atoms with E-state index < -0.39 is 11.9 Å². The number of alkyl halides is 3. The molecule has 0 saturated carbocycles. The molecule has 21 heavy (non-hydrogen) atoms. The van der Waals surface area contributed by atoms with Gasteiger partial charge in [-0.2, -0.15) is 13.2 Å². The summed E-state index contributed by atoms with van der Waals surface area (Å²) >= 11 is 4.82. The van der Waals surface area contributed by atoms with Crippen LogP contribution in [0.3, 0.4) is 0 Å². The zero-order chi connectivity index (χ0) is 15.5. The molecule has 0 amide bonds. The van der Waals surface area contributed by atoms with Gasteiger partial charge in [0.05, 0.1) is 17.8 Å². The predicted molar refractivity (Wildman–Crippen MR) is 76.7 cm³/mol. The number of hydrogen-bond acceptors (Lipinski definition) is 4. The molecule has 0 aromatic carbocycles. The first-order valence-corrected chi connectivity index (χ1v) is 6.30. The van der Waals surface area contributed by atoms with Gasteiger partial charge in [0.1, 0.15) is 16.5 Å². The van der Waals surface area contributed by atoms with E-state index in [2.05, 4.69) is 15.3 Å². The minimum atomic E-state index is -4.53. The van der Waals surface area contributed by atoms with E-state index in [9.17, 15) is 13.2 Å². The normalized spacial score (nSPS) is 11.2. The molecule has 2 aromatic rings. The Balaban J connectivity index is 2.29. The summed E-state index contributed by atoms with van der Waals surface area (Å²) in [6, 6.07) is 7.31. The minimum Gasteiger partial charge on any atom is -0.389 e. The summed E-state index contributed by atoms with van der Waals surface area (Å²) in [6.45, 7) is 0.213. The van der Waals surface area contributed by atoms with E-state index in [1.54, 1.807) is 24.4 Å². The summed E-state index contributed by atoms with van der Waals surface area (Å²) in [5.74, 6) is -0.0111. The molecule has 4 nitrogen and oxygen atoms in total. The Bertz CT molecular complexity index is 644. The molecule has 2 aromatic heterocycles. The lowest BCUT2D eigenvalue weighted by Gasteiger charge is -2.13. The largest absolute Gasteiger partial charge is 0.433 e. The molecule has 0 unspecified atom stereocenters. The number of pyridine rings is 2. The van der Waals surface area contributed by atoms with Crippen LogP contribution in [0.15, 0.2) is 36.5 Å². The van der Waals surface area contributed by atoms with Crippen molar-refractivity contribution < 1.29 is 13.2 Å². The summed E-state index contributed by atoms with van der Waals surface area (Å²) in [5, 5.41) is 2.78. The van der Waals surface area contributed by atoms with Crippen molar-refractivity contribution in [2.45, 2.75) is 12.7 Å². The van der Waals surface area contributed by atoms with Gasteiger partial charge in [-0.1, -0.05) is 18.3 Å². The van der Waals surface area contributed by atoms with Crippen molar-refractivity contribution in [3.8, 4) is 0 Å². The number of rotatable bonds is 4. The molecule has 0 aliphatic heterocycles. The number of nitrogens with two attached hydrogens (primary N) is 1. The Labute approximate surface area is 124 Å². The lowest BCUT2D eigenvalue weighted by molar-refractivity contribution is -0.141. The molecule has 0 saturated heterocycles. The van der Waals surface area contributed by atoms with Crippen LogP contribution in [0.4, 0.5) is 19.0 Å². The van der Waals surface area contributed by atoms with E-state index >= 15 is 0 Å². The Morgan fingerprint density at radius 3 is 2.57 bits per heavy atom. The third kappa shape index (κ3) is 3.88. The Morgan fingerprint density at radius 2 is 2.00 bits per heavy atom. The molecular weight excluding hydrogens is 301 g/mol. The maximum Gasteiger partial charge on any atom is 0.433 e. The van der Waals surface area contributed by atoms with Crippen molar-refractivity contribution >= 4 is 23.0 Å². The number of nitrogens with one attached hydrogen (secondary N) is 1. The number of anilines is 1. The van der Waals surface area contributed by atoms with Gasteiger partial charge in [-0.15, -0.1) is 0 Å². The van der Waals surface area contributed by atoms with Crippen molar-refractivity contribution in [1.29, 1.82) is 0 Å². The van der Waals surface area contributed by atoms with Gasteiger partial charge in [-0.05, 0) is 24.3 Å². The average molecular weight is 312 g/mol. The van der Waals surface area contributed by atoms with Crippen molar-refractivity contribution in [2.24, 2.45) is 5.73 Å². The summed E-state index contributed by atoms with van der Waals surface area (Å²) < 4.78 is 38.1. The maximum absolute atomic E-state index is 12.7. The van der Waals surface area contributed by atoms with Crippen molar-refractivity contribution in [1.82, 2.24) is 9.97 Å². The molecule has 0 aliphatic rings. The quantitative estimate of drug-likeness (QED) is 0.850. The van der Waals surface area contributed by atoms with Crippen LogP contribution in [-0.4, -0.2) is 15.0 Å². The fourth-order valence-corrected chi connectivity index (χ4v) is 1.79. The van der Waals surface area contributed by atoms with E-state index in [1.165, 1.54) is 6.07 Å². The van der Waals surface area contributed by atoms with Gasteiger partial charge in [-0.25, -0.2) is 4.98 Å². The van der Waals surface area contributed by atoms with E-state index in [4.69, 9.17) is 18.0 Å². The fraction of sp³-hybridized carbons (Fsp3) is 0.154. The fourth-order valence-electron chi connectivity index (χ4n) is 1.63. The number of hydrogen-bond donors (Lipinski definition) is 2. The van der Waals surface area contributed by atoms with E-state index in [0.29, 0.717) is 5.69 Å². The van der Waals surface area contributed by atoms with Gasteiger partial charge in [0, 0.05) is 6.20 Å². The van der Waals surface area contributed by atoms with E-state index in [1.807, 2.05) is 0 Å². The first kappa shape index (κ1) is 15.2. The molecule has 8 heteroatoms. The molecule has 2 heterocycles. The molecule has 0 aliphatic carbocycles. The highest BCUT2D eigenvalue weighted by Crippen LogP contribution is 2.29. The second kappa shape index (κ2) is 6.04. The molecule has 0 bridgehead atoms. The molecule has 0 spiro atoms. The summed E-state index contributed by atoms with van der Waals surface area (Å²) in [5.41, 5.74) is 5.41. The van der Waals surface area contributed by atoms with Crippen LogP contribution < -0.4 is 11.1 Å². The second-order valence-corrected chi connectivity index (χ2v) is 4.57. The molecule has 110 valence electrons. The van der Waals surface area contributed by atoms with Crippen LogP contribution in [0.2, 0.25) is 0 Å². The summed E-state index contributed by atoms with van der Waals surface area (Å²) in [6.07, 6.45) is -2.94. The number of halogens is 3. The lowest BCUT2D eigenvalue weighted by atomic mass is 10.2. The first-order chi connectivity index (χ1) is 9.88. The highest BCUT2D eigenvalue weighted by molar-refractivity contribution is 7.80. The highest BCUT2D eigenvalue weighted by atomic mass is 32.1. The molecule has 2 rings (SSSR count). The monoisotopic (exact) mass is 312 g/mol. The van der Waals surface area contributed by atoms with Crippen LogP contribution in [-0.2, 0) is 12.7 Å². The standard InChI is InChI=1S/C13H11F3N4S/c14-13(15,16)10-5-4-9(11(17)21)12(20-10)19-7-8-3-1-2-6-18-8/h1-6H,7H2,(H2,17,21)(H,19,20). The maximum atomic E-state index is 12.7. The van der Waals surface area contributed by atoms with Crippen molar-refractivity contribution in [3.05, 3.63) is 53.5 Å². The number of nitrogens with zero attached hydrogens (tertiary/aromatic N) is 2. The molecule has 0 radical (unpaired) electrons. The minimum absolute atomic E-state index is 0.0111. The molecule has 0 atom stereocenters. The third-order valence-corrected chi connectivity index (χ3v) is 2.83. The SMILES string of the molecule is NC(=S)c1ccc(C(F)(F)F)nc1NCc1ccccn1. The van der Waals surface area contributed by atoms with Crippen LogP contribution >= 0.6 is 12.2 Å². The van der Waals surface area contributed by atoms with Crippen LogP contribution in [0.1, 0.15) is 17.0 Å². The van der Waals surface area contributed by atoms with Crippen LogP contribution in [0.25, 0.3) is 0 Å². The smallest absolute Gasteiger partial charge is 0.389 e. The lowest BCUT2D eigenvalue weighted by Crippen LogP contribution is -2.17. The van der Waals surface area contributed by atoms with Crippen LogP contribution in [0, 0.1) is 0 Å². The Morgan fingerprint density at radius 1 is 1.24 bits per heavy atom. The van der Waals surface area contributed by atoms with Crippen LogP contribution in [0.5, 0.6) is 0 Å². The van der Waals surface area contributed by atoms with Crippen molar-refractivity contribution in [3.63, 3.8) is 0 Å². The summed E-state index contributed by atoms with van der Waals surface area (Å²) in [4.78, 5) is 7.58. The summed E-state index contributed by atoms with van der Waals surface area (Å²) in [7, 11) is 0.